The Labute approximate surface area is 87.3 Å². The monoisotopic (exact) mass is 250 g/mol. The summed E-state index contributed by atoms with van der Waals surface area (Å²) in [5.41, 5.74) is 4.80. The minimum absolute atomic E-state index is 0. The molecule has 0 bridgehead atoms. The third-order valence-corrected chi connectivity index (χ3v) is 5.73. The van der Waals surface area contributed by atoms with E-state index >= 15 is 0 Å². The first-order chi connectivity index (χ1) is 5.97. The normalized spacial score (nSPS) is 13.6. The van der Waals surface area contributed by atoms with E-state index < -0.39 is 38.2 Å². The first-order valence-electron chi connectivity index (χ1n) is 3.50. The fraction of sp³-hybridized carbons (Fsp3) is 0.800. The van der Waals surface area contributed by atoms with Crippen molar-refractivity contribution in [2.45, 2.75) is 0 Å². The van der Waals surface area contributed by atoms with Gasteiger partial charge in [0.05, 0.1) is 0 Å². The number of primary amides is 1. The van der Waals surface area contributed by atoms with Gasteiger partial charge in [-0.05, 0) is 0 Å². The van der Waals surface area contributed by atoms with Gasteiger partial charge in [-0.1, -0.05) is 0 Å². The van der Waals surface area contributed by atoms with Gasteiger partial charge in [0.2, 0.25) is 0 Å². The Kier molecular flexibility index (Phi) is 6.56. The van der Waals surface area contributed by atoms with Crippen molar-refractivity contribution >= 4 is 25.2 Å². The average molecular weight is 251 g/mol. The summed E-state index contributed by atoms with van der Waals surface area (Å²) in [6.45, 7) is -3.78. The number of hydrogen-bond acceptors (Lipinski definition) is 5. The maximum absolute atomic E-state index is 10.6. The van der Waals surface area contributed by atoms with Crippen LogP contribution in [-0.4, -0.2) is 51.8 Å². The Balaban J connectivity index is 0. The van der Waals surface area contributed by atoms with E-state index in [0.717, 1.165) is 0 Å². The van der Waals surface area contributed by atoms with E-state index in [-0.39, 0.29) is 12.4 Å². The Morgan fingerprint density at radius 3 is 1.43 bits per heavy atom. The van der Waals surface area contributed by atoms with E-state index in [4.69, 9.17) is 26.2 Å². The summed E-state index contributed by atoms with van der Waals surface area (Å²) in [5, 5.41) is 38.0. The van der Waals surface area contributed by atoms with Gasteiger partial charge in [0.25, 0.3) is 0 Å². The molecule has 88 valence electrons. The Morgan fingerprint density at radius 2 is 1.36 bits per heavy atom. The van der Waals surface area contributed by atoms with Crippen LogP contribution in [0.1, 0.15) is 0 Å². The quantitative estimate of drug-likeness (QED) is 0.325. The molecule has 0 aliphatic rings. The Morgan fingerprint density at radius 1 is 1.07 bits per heavy atom. The molecule has 0 atom stereocenters. The molecular formula is C5H16ClN2O5P. The van der Waals surface area contributed by atoms with Crippen LogP contribution >= 0.6 is 19.2 Å². The van der Waals surface area contributed by atoms with E-state index in [1.807, 2.05) is 0 Å². The Bertz CT molecular complexity index is 177. The molecule has 0 aromatic heterocycles. The fourth-order valence-electron chi connectivity index (χ4n) is 0.721. The summed E-state index contributed by atoms with van der Waals surface area (Å²) in [4.78, 5) is 10.6. The van der Waals surface area contributed by atoms with Crippen molar-refractivity contribution in [3.8, 4) is 0 Å². The van der Waals surface area contributed by atoms with Crippen LogP contribution in [0.25, 0.3) is 0 Å². The summed E-state index contributed by atoms with van der Waals surface area (Å²) >= 11 is 0. The summed E-state index contributed by atoms with van der Waals surface area (Å²) in [5.74, 6) is 0. The van der Waals surface area contributed by atoms with Crippen LogP contribution in [0.5, 0.6) is 0 Å². The van der Waals surface area contributed by atoms with Gasteiger partial charge < -0.3 is 0 Å². The van der Waals surface area contributed by atoms with Gasteiger partial charge in [0.15, 0.2) is 0 Å². The average Bonchev–Trinajstić information content (AvgIpc) is 2.15. The SMILES string of the molecule is Cl.NC(=O)NP(CO)(CO)(CO)CO. The number of hydrogen-bond donors (Lipinski definition) is 6. The third kappa shape index (κ3) is 2.91. The number of aliphatic hydroxyl groups excluding tert-OH is 4. The van der Waals surface area contributed by atoms with Crippen LogP contribution in [0, 0.1) is 0 Å². The number of amides is 2. The topological polar surface area (TPSA) is 136 Å². The van der Waals surface area contributed by atoms with Gasteiger partial charge in [0, 0.05) is 0 Å². The zero-order valence-electron chi connectivity index (χ0n) is 7.46. The van der Waals surface area contributed by atoms with E-state index in [1.54, 1.807) is 0 Å². The first kappa shape index (κ1) is 16.3. The van der Waals surface area contributed by atoms with Gasteiger partial charge >= 0.3 is 74.2 Å². The maximum atomic E-state index is 10.6. The van der Waals surface area contributed by atoms with Crippen molar-refractivity contribution in [1.82, 2.24) is 5.09 Å². The number of halogens is 1. The molecule has 7 nitrogen and oxygen atoms in total. The molecule has 0 fully saturated rings. The first-order valence-corrected chi connectivity index (χ1v) is 6.47. The molecule has 9 heteroatoms. The zero-order valence-corrected chi connectivity index (χ0v) is 9.17. The number of nitrogens with one attached hydrogen (secondary N) is 1. The van der Waals surface area contributed by atoms with Gasteiger partial charge in [-0.3, -0.25) is 0 Å². The summed E-state index contributed by atoms with van der Waals surface area (Å²) in [7, 11) is 0. The van der Waals surface area contributed by atoms with Crippen molar-refractivity contribution < 1.29 is 25.2 Å². The fourth-order valence-corrected chi connectivity index (χ4v) is 2.16. The van der Waals surface area contributed by atoms with Crippen molar-refractivity contribution in [2.24, 2.45) is 5.73 Å². The molecule has 0 aliphatic carbocycles. The summed E-state index contributed by atoms with van der Waals surface area (Å²) in [6.07, 6.45) is -2.79. The minimum atomic E-state index is -3.78. The molecular weight excluding hydrogens is 234 g/mol. The number of rotatable bonds is 5. The van der Waals surface area contributed by atoms with Crippen molar-refractivity contribution in [1.29, 1.82) is 0 Å². The molecule has 0 aromatic rings. The van der Waals surface area contributed by atoms with Crippen LogP contribution in [0.3, 0.4) is 0 Å². The van der Waals surface area contributed by atoms with Crippen LogP contribution < -0.4 is 10.8 Å². The predicted octanol–water partition coefficient (Wildman–Crippen LogP) is -1.66. The number of carbonyl (C=O) groups is 1. The molecule has 0 saturated carbocycles. The standard InChI is InChI=1S/C5H15N2O5P.ClH/c6-5(12)7-13(1-8,2-9,3-10)4-11;/h8-11H,1-4H2,(H3,6,7,12);1H. The van der Waals surface area contributed by atoms with Crippen LogP contribution in [0.4, 0.5) is 4.79 Å². The Hall–Kier alpha value is -0.170. The van der Waals surface area contributed by atoms with Crippen molar-refractivity contribution in [3.63, 3.8) is 0 Å². The van der Waals surface area contributed by atoms with Gasteiger partial charge in [0.1, 0.15) is 0 Å². The number of nitrogens with two attached hydrogens (primary N) is 1. The van der Waals surface area contributed by atoms with E-state index in [2.05, 4.69) is 5.09 Å². The summed E-state index contributed by atoms with van der Waals surface area (Å²) < 4.78 is 0. The molecule has 0 radical (unpaired) electrons. The number of carbonyl (C=O) groups excluding carboxylic acids is 1. The molecule has 7 N–H and O–H groups in total. The molecule has 0 aromatic carbocycles. The molecule has 0 saturated heterocycles. The van der Waals surface area contributed by atoms with Gasteiger partial charge in [-0.2, -0.15) is 0 Å². The molecule has 0 aliphatic heterocycles. The third-order valence-electron chi connectivity index (χ3n) is 1.91. The zero-order chi connectivity index (χ0) is 10.6. The number of urea groups is 1. The summed E-state index contributed by atoms with van der Waals surface area (Å²) in [6, 6.07) is -0.996. The molecule has 0 spiro atoms. The van der Waals surface area contributed by atoms with Crippen LogP contribution in [0.2, 0.25) is 0 Å². The molecule has 14 heavy (non-hydrogen) atoms. The van der Waals surface area contributed by atoms with Crippen LogP contribution in [0.15, 0.2) is 0 Å². The predicted molar refractivity (Wildman–Crippen MR) is 55.2 cm³/mol. The molecule has 0 unspecified atom stereocenters. The second-order valence-corrected chi connectivity index (χ2v) is 8.32. The van der Waals surface area contributed by atoms with E-state index in [0.29, 0.717) is 0 Å². The van der Waals surface area contributed by atoms with Crippen molar-refractivity contribution in [3.05, 3.63) is 0 Å². The van der Waals surface area contributed by atoms with E-state index in [9.17, 15) is 4.79 Å². The second-order valence-electron chi connectivity index (χ2n) is 3.02. The molecule has 2 amide bonds. The van der Waals surface area contributed by atoms with E-state index in [1.165, 1.54) is 0 Å². The second kappa shape index (κ2) is 5.65. The number of aliphatic hydroxyl groups is 4. The molecule has 0 heterocycles. The van der Waals surface area contributed by atoms with Crippen molar-refractivity contribution in [2.75, 3.05) is 25.4 Å². The van der Waals surface area contributed by atoms with Gasteiger partial charge in [-0.15, -0.1) is 12.4 Å². The van der Waals surface area contributed by atoms with Crippen LogP contribution in [-0.2, 0) is 0 Å². The molecule has 0 rings (SSSR count). The van der Waals surface area contributed by atoms with Gasteiger partial charge in [-0.25, -0.2) is 0 Å².